The first kappa shape index (κ1) is 21.7. The maximum Gasteiger partial charge on any atom is 0.277 e. The number of carbonyl (C=O) groups excluding carboxylic acids is 1. The molecule has 0 atom stereocenters. The van der Waals surface area contributed by atoms with E-state index in [4.69, 9.17) is 32.7 Å². The Morgan fingerprint density at radius 3 is 2.43 bits per heavy atom. The topological polar surface area (TPSA) is 59.9 Å². The van der Waals surface area contributed by atoms with Crippen molar-refractivity contribution in [3.63, 3.8) is 0 Å². The summed E-state index contributed by atoms with van der Waals surface area (Å²) in [5.74, 6) is 0.724. The molecule has 0 unspecified atom stereocenters. The molecule has 0 aliphatic carbocycles. The molecule has 0 spiro atoms. The van der Waals surface area contributed by atoms with E-state index in [1.54, 1.807) is 18.2 Å². The smallest absolute Gasteiger partial charge is 0.277 e. The second-order valence-electron chi connectivity index (χ2n) is 6.50. The first-order valence-corrected chi connectivity index (χ1v) is 9.93. The maximum absolute atomic E-state index is 11.8. The zero-order valence-corrected chi connectivity index (χ0v) is 17.8. The van der Waals surface area contributed by atoms with E-state index in [2.05, 4.69) is 29.6 Å². The van der Waals surface area contributed by atoms with Gasteiger partial charge in [0.25, 0.3) is 5.91 Å². The van der Waals surface area contributed by atoms with Gasteiger partial charge >= 0.3 is 0 Å². The lowest BCUT2D eigenvalue weighted by Gasteiger charge is -2.07. The van der Waals surface area contributed by atoms with Crippen molar-refractivity contribution in [1.29, 1.82) is 0 Å². The third-order valence-electron chi connectivity index (χ3n) is 4.06. The molecule has 0 radical (unpaired) electrons. The number of nitrogens with zero attached hydrogens (tertiary/aromatic N) is 1. The Bertz CT molecular complexity index is 1020. The van der Waals surface area contributed by atoms with Gasteiger partial charge in [-0.3, -0.25) is 4.79 Å². The number of rotatable bonds is 8. The first-order valence-electron chi connectivity index (χ1n) is 9.18. The summed E-state index contributed by atoms with van der Waals surface area (Å²) >= 11 is 11.8. The summed E-state index contributed by atoms with van der Waals surface area (Å²) in [5, 5.41) is 4.75. The number of carbonyl (C=O) groups is 1. The first-order chi connectivity index (χ1) is 14.5. The Morgan fingerprint density at radius 1 is 1.00 bits per heavy atom. The van der Waals surface area contributed by atoms with Crippen LogP contribution in [-0.4, -0.2) is 18.7 Å². The fraction of sp³-hybridized carbons (Fsp3) is 0.130. The average Bonchev–Trinajstić information content (AvgIpc) is 2.74. The van der Waals surface area contributed by atoms with Crippen molar-refractivity contribution in [3.8, 4) is 11.5 Å². The van der Waals surface area contributed by atoms with Gasteiger partial charge in [-0.25, -0.2) is 5.43 Å². The van der Waals surface area contributed by atoms with Crippen molar-refractivity contribution in [1.82, 2.24) is 5.43 Å². The summed E-state index contributed by atoms with van der Waals surface area (Å²) in [4.78, 5) is 11.8. The third-order valence-corrected chi connectivity index (χ3v) is 4.59. The molecule has 0 fully saturated rings. The van der Waals surface area contributed by atoms with Gasteiger partial charge in [0, 0.05) is 5.02 Å². The molecule has 0 aliphatic heterocycles. The van der Waals surface area contributed by atoms with Crippen molar-refractivity contribution in [2.45, 2.75) is 13.5 Å². The molecular formula is C23H20Cl2N2O3. The largest absolute Gasteiger partial charge is 0.489 e. The van der Waals surface area contributed by atoms with E-state index in [9.17, 15) is 4.79 Å². The molecule has 0 aliphatic rings. The van der Waals surface area contributed by atoms with Crippen LogP contribution in [0.2, 0.25) is 10.0 Å². The normalized spacial score (nSPS) is 10.8. The summed E-state index contributed by atoms with van der Waals surface area (Å²) in [7, 11) is 0. The van der Waals surface area contributed by atoms with Gasteiger partial charge in [0.2, 0.25) is 0 Å². The van der Waals surface area contributed by atoms with E-state index in [-0.39, 0.29) is 6.61 Å². The van der Waals surface area contributed by atoms with E-state index in [0.717, 1.165) is 16.9 Å². The summed E-state index contributed by atoms with van der Waals surface area (Å²) in [6, 6.07) is 20.4. The van der Waals surface area contributed by atoms with Crippen LogP contribution in [0.3, 0.4) is 0 Å². The van der Waals surface area contributed by atoms with Gasteiger partial charge in [0.15, 0.2) is 6.61 Å². The fourth-order valence-electron chi connectivity index (χ4n) is 2.45. The third kappa shape index (κ3) is 6.79. The molecule has 0 saturated heterocycles. The Kier molecular flexibility index (Phi) is 7.71. The lowest BCUT2D eigenvalue weighted by Crippen LogP contribution is -2.24. The number of nitrogens with one attached hydrogen (secondary N) is 1. The monoisotopic (exact) mass is 442 g/mol. The predicted octanol–water partition coefficient (Wildman–Crippen LogP) is 5.41. The Labute approximate surface area is 185 Å². The predicted molar refractivity (Wildman–Crippen MR) is 120 cm³/mol. The van der Waals surface area contributed by atoms with Crippen LogP contribution in [0.4, 0.5) is 0 Å². The minimum Gasteiger partial charge on any atom is -0.489 e. The Balaban J connectivity index is 1.43. The summed E-state index contributed by atoms with van der Waals surface area (Å²) in [6.07, 6.45) is 1.54. The van der Waals surface area contributed by atoms with Crippen LogP contribution in [0, 0.1) is 6.92 Å². The molecule has 0 saturated carbocycles. The fourth-order valence-corrected chi connectivity index (χ4v) is 2.91. The van der Waals surface area contributed by atoms with E-state index in [0.29, 0.717) is 22.4 Å². The number of halogens is 2. The molecule has 3 aromatic rings. The van der Waals surface area contributed by atoms with Crippen LogP contribution < -0.4 is 14.9 Å². The molecule has 3 aromatic carbocycles. The molecule has 1 N–H and O–H groups in total. The SMILES string of the molecule is Cc1ccc(COc2ccc(/C=N\NC(=O)COc3ccc(Cl)cc3Cl)cc2)cc1. The molecule has 1 amide bonds. The highest BCUT2D eigenvalue weighted by atomic mass is 35.5. The lowest BCUT2D eigenvalue weighted by molar-refractivity contribution is -0.123. The molecule has 0 bridgehead atoms. The van der Waals surface area contributed by atoms with Crippen molar-refractivity contribution < 1.29 is 14.3 Å². The zero-order chi connectivity index (χ0) is 21.3. The number of benzene rings is 3. The van der Waals surface area contributed by atoms with Crippen molar-refractivity contribution in [2.75, 3.05) is 6.61 Å². The molecule has 30 heavy (non-hydrogen) atoms. The van der Waals surface area contributed by atoms with Gasteiger partial charge in [0.05, 0.1) is 11.2 Å². The Morgan fingerprint density at radius 2 is 1.73 bits per heavy atom. The van der Waals surface area contributed by atoms with E-state index < -0.39 is 5.91 Å². The summed E-state index contributed by atoms with van der Waals surface area (Å²) < 4.78 is 11.1. The second-order valence-corrected chi connectivity index (χ2v) is 7.34. The standard InChI is InChI=1S/C23H20Cl2N2O3/c1-16-2-4-18(5-3-16)14-29-20-9-6-17(7-10-20)13-26-27-23(28)15-30-22-11-8-19(24)12-21(22)25/h2-13H,14-15H2,1H3,(H,27,28)/b26-13-. The molecule has 0 heterocycles. The minimum atomic E-state index is -0.407. The lowest BCUT2D eigenvalue weighted by atomic mass is 10.2. The van der Waals surface area contributed by atoms with E-state index in [1.165, 1.54) is 11.8 Å². The number of amides is 1. The van der Waals surface area contributed by atoms with Crippen molar-refractivity contribution in [3.05, 3.63) is 93.5 Å². The van der Waals surface area contributed by atoms with Crippen LogP contribution in [0.5, 0.6) is 11.5 Å². The van der Waals surface area contributed by atoms with Gasteiger partial charge in [-0.1, -0.05) is 53.0 Å². The van der Waals surface area contributed by atoms with Crippen LogP contribution in [0.25, 0.3) is 0 Å². The van der Waals surface area contributed by atoms with Gasteiger partial charge in [-0.15, -0.1) is 0 Å². The highest BCUT2D eigenvalue weighted by molar-refractivity contribution is 6.35. The number of hydrogen-bond donors (Lipinski definition) is 1. The van der Waals surface area contributed by atoms with Crippen molar-refractivity contribution >= 4 is 35.3 Å². The zero-order valence-electron chi connectivity index (χ0n) is 16.3. The maximum atomic E-state index is 11.8. The number of hydrazone groups is 1. The van der Waals surface area contributed by atoms with E-state index in [1.807, 2.05) is 36.4 Å². The minimum absolute atomic E-state index is 0.218. The van der Waals surface area contributed by atoms with Crippen LogP contribution in [0.1, 0.15) is 16.7 Å². The van der Waals surface area contributed by atoms with Crippen molar-refractivity contribution in [2.24, 2.45) is 5.10 Å². The van der Waals surface area contributed by atoms with E-state index >= 15 is 0 Å². The van der Waals surface area contributed by atoms with Gasteiger partial charge in [-0.05, 0) is 60.5 Å². The highest BCUT2D eigenvalue weighted by Crippen LogP contribution is 2.27. The number of hydrogen-bond acceptors (Lipinski definition) is 4. The highest BCUT2D eigenvalue weighted by Gasteiger charge is 2.05. The Hall–Kier alpha value is -3.02. The molecule has 7 heteroatoms. The molecule has 5 nitrogen and oxygen atoms in total. The number of ether oxygens (including phenoxy) is 2. The molecular weight excluding hydrogens is 423 g/mol. The van der Waals surface area contributed by atoms with Gasteiger partial charge < -0.3 is 9.47 Å². The van der Waals surface area contributed by atoms with Crippen LogP contribution in [0.15, 0.2) is 71.8 Å². The van der Waals surface area contributed by atoms with Crippen LogP contribution in [-0.2, 0) is 11.4 Å². The molecule has 0 aromatic heterocycles. The average molecular weight is 443 g/mol. The quantitative estimate of drug-likeness (QED) is 0.374. The molecule has 154 valence electrons. The second kappa shape index (κ2) is 10.7. The molecule has 3 rings (SSSR count). The summed E-state index contributed by atoms with van der Waals surface area (Å²) in [6.45, 7) is 2.33. The number of aryl methyl sites for hydroxylation is 1. The van der Waals surface area contributed by atoms with Gasteiger partial charge in [-0.2, -0.15) is 5.10 Å². The van der Waals surface area contributed by atoms with Gasteiger partial charge in [0.1, 0.15) is 18.1 Å². The van der Waals surface area contributed by atoms with Crippen LogP contribution >= 0.6 is 23.2 Å². The summed E-state index contributed by atoms with van der Waals surface area (Å²) in [5.41, 5.74) is 5.55.